The second-order valence-corrected chi connectivity index (χ2v) is 7.04. The number of piperazine rings is 1. The minimum Gasteiger partial charge on any atom is -0.340 e. The number of hydrogen-bond acceptors (Lipinski definition) is 2. The third-order valence-corrected chi connectivity index (χ3v) is 5.44. The molecule has 1 amide bonds. The summed E-state index contributed by atoms with van der Waals surface area (Å²) in [4.78, 5) is 16.7. The molecular weight excluding hydrogens is 315 g/mol. The van der Waals surface area contributed by atoms with Gasteiger partial charge in [0, 0.05) is 49.2 Å². The number of amides is 1. The highest BCUT2D eigenvalue weighted by Crippen LogP contribution is 2.26. The van der Waals surface area contributed by atoms with Crippen LogP contribution in [0.5, 0.6) is 0 Å². The largest absolute Gasteiger partial charge is 0.340 e. The fourth-order valence-electron chi connectivity index (χ4n) is 3.64. The van der Waals surface area contributed by atoms with Crippen LogP contribution in [0.1, 0.15) is 37.7 Å². The first kappa shape index (κ1) is 16.7. The van der Waals surface area contributed by atoms with Crippen LogP contribution in [0.15, 0.2) is 18.2 Å². The van der Waals surface area contributed by atoms with Gasteiger partial charge in [0.2, 0.25) is 5.91 Å². The summed E-state index contributed by atoms with van der Waals surface area (Å²) in [6.07, 6.45) is 5.72. The van der Waals surface area contributed by atoms with Crippen LogP contribution in [0.2, 0.25) is 5.02 Å². The highest BCUT2D eigenvalue weighted by atomic mass is 35.5. The third-order valence-electron chi connectivity index (χ3n) is 5.08. The molecule has 1 aliphatic heterocycles. The van der Waals surface area contributed by atoms with Gasteiger partial charge >= 0.3 is 0 Å². The molecule has 0 aromatic heterocycles. The van der Waals surface area contributed by atoms with E-state index in [0.717, 1.165) is 39.0 Å². The summed E-state index contributed by atoms with van der Waals surface area (Å²) in [5.74, 6) is 0.308. The molecule has 126 valence electrons. The lowest BCUT2D eigenvalue weighted by Crippen LogP contribution is -2.50. The number of hydrogen-bond donors (Lipinski definition) is 0. The molecule has 0 bridgehead atoms. The number of benzene rings is 1. The van der Waals surface area contributed by atoms with E-state index in [9.17, 15) is 9.18 Å². The third kappa shape index (κ3) is 4.04. The quantitative estimate of drug-likeness (QED) is 0.839. The smallest absolute Gasteiger partial charge is 0.225 e. The number of rotatable bonds is 3. The van der Waals surface area contributed by atoms with Gasteiger partial charge in [0.15, 0.2) is 0 Å². The van der Waals surface area contributed by atoms with Gasteiger partial charge in [-0.15, -0.1) is 0 Å². The zero-order valence-corrected chi connectivity index (χ0v) is 14.2. The molecule has 3 rings (SSSR count). The Morgan fingerprint density at radius 2 is 1.83 bits per heavy atom. The maximum absolute atomic E-state index is 13.9. The van der Waals surface area contributed by atoms with Gasteiger partial charge in [0.25, 0.3) is 0 Å². The minimum absolute atomic E-state index is 0.233. The van der Waals surface area contributed by atoms with E-state index in [2.05, 4.69) is 4.90 Å². The number of halogens is 2. The van der Waals surface area contributed by atoms with Crippen LogP contribution in [0.25, 0.3) is 0 Å². The predicted molar refractivity (Wildman–Crippen MR) is 89.8 cm³/mol. The van der Waals surface area contributed by atoms with Gasteiger partial charge in [-0.05, 0) is 25.0 Å². The molecular formula is C18H24ClFN2O. The molecule has 2 aliphatic rings. The summed E-state index contributed by atoms with van der Waals surface area (Å²) < 4.78 is 13.9. The molecule has 0 N–H and O–H groups in total. The van der Waals surface area contributed by atoms with Gasteiger partial charge in [-0.2, -0.15) is 0 Å². The summed E-state index contributed by atoms with van der Waals surface area (Å²) in [6.45, 7) is 3.55. The predicted octanol–water partition coefficient (Wildman–Crippen LogP) is 3.70. The van der Waals surface area contributed by atoms with Gasteiger partial charge in [-0.1, -0.05) is 36.9 Å². The van der Waals surface area contributed by atoms with E-state index in [4.69, 9.17) is 11.6 Å². The van der Waals surface area contributed by atoms with Crippen molar-refractivity contribution in [2.45, 2.75) is 38.6 Å². The lowest BCUT2D eigenvalue weighted by molar-refractivity contribution is -0.138. The Bertz CT molecular complexity index is 532. The van der Waals surface area contributed by atoms with Crippen molar-refractivity contribution >= 4 is 17.5 Å². The molecule has 3 nitrogen and oxygen atoms in total. The van der Waals surface area contributed by atoms with Crippen LogP contribution in [-0.2, 0) is 11.3 Å². The number of carbonyl (C=O) groups is 1. The fraction of sp³-hybridized carbons (Fsp3) is 0.611. The van der Waals surface area contributed by atoms with Crippen LogP contribution >= 0.6 is 11.6 Å². The Morgan fingerprint density at radius 3 is 2.48 bits per heavy atom. The summed E-state index contributed by atoms with van der Waals surface area (Å²) in [5, 5.41) is 0.478. The topological polar surface area (TPSA) is 23.6 Å². The second kappa shape index (κ2) is 7.63. The van der Waals surface area contributed by atoms with E-state index in [1.165, 1.54) is 25.3 Å². The van der Waals surface area contributed by atoms with E-state index in [0.29, 0.717) is 23.0 Å². The van der Waals surface area contributed by atoms with Crippen molar-refractivity contribution in [3.8, 4) is 0 Å². The molecule has 0 spiro atoms. The Kier molecular flexibility index (Phi) is 5.54. The number of nitrogens with zero attached hydrogens (tertiary/aromatic N) is 2. The first-order chi connectivity index (χ1) is 11.1. The maximum Gasteiger partial charge on any atom is 0.225 e. The standard InChI is InChI=1S/C18H24ClFN2O/c19-16-7-4-8-17(20)15(16)13-21-9-11-22(12-10-21)18(23)14-5-2-1-3-6-14/h4,7-8,14H,1-3,5-6,9-13H2. The molecule has 1 saturated carbocycles. The van der Waals surface area contributed by atoms with E-state index in [-0.39, 0.29) is 11.7 Å². The fourth-order valence-corrected chi connectivity index (χ4v) is 3.86. The average Bonchev–Trinajstić information content (AvgIpc) is 2.59. The molecule has 23 heavy (non-hydrogen) atoms. The summed E-state index contributed by atoms with van der Waals surface area (Å²) in [6, 6.07) is 4.80. The van der Waals surface area contributed by atoms with Crippen LogP contribution in [-0.4, -0.2) is 41.9 Å². The lowest BCUT2D eigenvalue weighted by atomic mass is 9.88. The first-order valence-corrected chi connectivity index (χ1v) is 8.97. The van der Waals surface area contributed by atoms with Gasteiger partial charge < -0.3 is 4.90 Å². The highest BCUT2D eigenvalue weighted by molar-refractivity contribution is 6.31. The van der Waals surface area contributed by atoms with Gasteiger partial charge in [0.05, 0.1) is 0 Å². The molecule has 5 heteroatoms. The zero-order chi connectivity index (χ0) is 16.2. The first-order valence-electron chi connectivity index (χ1n) is 8.59. The molecule has 1 aromatic carbocycles. The molecule has 1 saturated heterocycles. The lowest BCUT2D eigenvalue weighted by Gasteiger charge is -2.37. The van der Waals surface area contributed by atoms with Crippen LogP contribution in [0.3, 0.4) is 0 Å². The second-order valence-electron chi connectivity index (χ2n) is 6.64. The Balaban J connectivity index is 1.53. The van der Waals surface area contributed by atoms with Gasteiger partial charge in [-0.3, -0.25) is 9.69 Å². The maximum atomic E-state index is 13.9. The van der Waals surface area contributed by atoms with Crippen LogP contribution < -0.4 is 0 Å². The molecule has 1 heterocycles. The SMILES string of the molecule is O=C(C1CCCCC1)N1CCN(Cc2c(F)cccc2Cl)CC1. The molecule has 0 unspecified atom stereocenters. The van der Waals surface area contributed by atoms with Crippen LogP contribution in [0, 0.1) is 11.7 Å². The summed E-state index contributed by atoms with van der Waals surface area (Å²) in [7, 11) is 0. The van der Waals surface area contributed by atoms with Crippen molar-refractivity contribution in [2.75, 3.05) is 26.2 Å². The van der Waals surface area contributed by atoms with Gasteiger partial charge in [0.1, 0.15) is 5.82 Å². The van der Waals surface area contributed by atoms with Crippen molar-refractivity contribution in [1.82, 2.24) is 9.80 Å². The van der Waals surface area contributed by atoms with Crippen molar-refractivity contribution in [3.63, 3.8) is 0 Å². The van der Waals surface area contributed by atoms with Crippen molar-refractivity contribution < 1.29 is 9.18 Å². The molecule has 0 radical (unpaired) electrons. The normalized spacial score (nSPS) is 20.7. The van der Waals surface area contributed by atoms with E-state index in [1.54, 1.807) is 12.1 Å². The molecule has 2 fully saturated rings. The van der Waals surface area contributed by atoms with E-state index >= 15 is 0 Å². The zero-order valence-electron chi connectivity index (χ0n) is 13.4. The van der Waals surface area contributed by atoms with E-state index < -0.39 is 0 Å². The Morgan fingerprint density at radius 1 is 1.13 bits per heavy atom. The van der Waals surface area contributed by atoms with Gasteiger partial charge in [-0.25, -0.2) is 4.39 Å². The summed E-state index contributed by atoms with van der Waals surface area (Å²) in [5.41, 5.74) is 0.557. The van der Waals surface area contributed by atoms with Crippen LogP contribution in [0.4, 0.5) is 4.39 Å². The molecule has 1 aromatic rings. The highest BCUT2D eigenvalue weighted by Gasteiger charge is 2.28. The monoisotopic (exact) mass is 338 g/mol. The minimum atomic E-state index is -0.252. The summed E-state index contributed by atoms with van der Waals surface area (Å²) >= 11 is 6.10. The Labute approximate surface area is 142 Å². The number of carbonyl (C=O) groups excluding carboxylic acids is 1. The van der Waals surface area contributed by atoms with Crippen molar-refractivity contribution in [3.05, 3.63) is 34.6 Å². The average molecular weight is 339 g/mol. The van der Waals surface area contributed by atoms with Crippen molar-refractivity contribution in [2.24, 2.45) is 5.92 Å². The van der Waals surface area contributed by atoms with Crippen molar-refractivity contribution in [1.29, 1.82) is 0 Å². The molecule has 1 aliphatic carbocycles. The van der Waals surface area contributed by atoms with E-state index in [1.807, 2.05) is 4.90 Å². The molecule has 0 atom stereocenters. The Hall–Kier alpha value is -1.13.